The number of aromatic nitrogens is 1. The molecule has 0 spiro atoms. The third kappa shape index (κ3) is 4.60. The molecule has 1 aromatic heterocycles. The number of likely N-dealkylation sites (tertiary alicyclic amines) is 1. The molecule has 2 heterocycles. The van der Waals surface area contributed by atoms with E-state index in [9.17, 15) is 14.7 Å². The van der Waals surface area contributed by atoms with E-state index >= 15 is 0 Å². The van der Waals surface area contributed by atoms with Gasteiger partial charge in [-0.3, -0.25) is 9.59 Å². The largest absolute Gasteiger partial charge is 0.507 e. The Bertz CT molecular complexity index is 1520. The van der Waals surface area contributed by atoms with Gasteiger partial charge in [0.25, 0.3) is 11.7 Å². The average Bonchev–Trinajstić information content (AvgIpc) is 3.44. The van der Waals surface area contributed by atoms with Crippen LogP contribution in [0.5, 0.6) is 11.5 Å². The molecule has 1 atom stereocenters. The summed E-state index contributed by atoms with van der Waals surface area (Å²) >= 11 is 3.44. The third-order valence-corrected chi connectivity index (χ3v) is 7.19. The minimum Gasteiger partial charge on any atom is -0.507 e. The fourth-order valence-electron chi connectivity index (χ4n) is 4.76. The van der Waals surface area contributed by atoms with E-state index in [1.807, 2.05) is 48.7 Å². The van der Waals surface area contributed by atoms with Gasteiger partial charge < -0.3 is 24.5 Å². The van der Waals surface area contributed by atoms with Crippen LogP contribution >= 0.6 is 15.9 Å². The summed E-state index contributed by atoms with van der Waals surface area (Å²) in [6, 6.07) is 19.2. The number of methoxy groups -OCH3 is 2. The zero-order valence-corrected chi connectivity index (χ0v) is 21.9. The summed E-state index contributed by atoms with van der Waals surface area (Å²) in [6.07, 6.45) is 2.41. The number of nitrogens with one attached hydrogen (secondary N) is 1. The summed E-state index contributed by atoms with van der Waals surface area (Å²) in [5, 5.41) is 12.3. The second-order valence-electron chi connectivity index (χ2n) is 8.75. The van der Waals surface area contributed by atoms with Crippen molar-refractivity contribution in [3.05, 3.63) is 99.7 Å². The molecule has 0 saturated carbocycles. The van der Waals surface area contributed by atoms with E-state index in [1.165, 1.54) is 12.0 Å². The molecule has 1 aliphatic rings. The Morgan fingerprint density at radius 2 is 1.73 bits per heavy atom. The van der Waals surface area contributed by atoms with Gasteiger partial charge in [0.15, 0.2) is 0 Å². The van der Waals surface area contributed by atoms with Gasteiger partial charge in [0.2, 0.25) is 0 Å². The number of ether oxygens (including phenoxy) is 2. The van der Waals surface area contributed by atoms with Crippen LogP contribution in [0, 0.1) is 0 Å². The normalized spacial score (nSPS) is 16.9. The van der Waals surface area contributed by atoms with Crippen molar-refractivity contribution < 1.29 is 24.2 Å². The van der Waals surface area contributed by atoms with Crippen molar-refractivity contribution in [3.63, 3.8) is 0 Å². The Labute approximate surface area is 222 Å². The number of carbonyl (C=O) groups excluding carboxylic acids is 2. The highest BCUT2D eigenvalue weighted by Gasteiger charge is 2.45. The molecule has 4 aromatic rings. The summed E-state index contributed by atoms with van der Waals surface area (Å²) in [4.78, 5) is 31.4. The molecule has 37 heavy (non-hydrogen) atoms. The van der Waals surface area contributed by atoms with Crippen LogP contribution in [-0.4, -0.2) is 47.4 Å². The molecule has 1 amide bonds. The lowest BCUT2D eigenvalue weighted by atomic mass is 9.95. The van der Waals surface area contributed by atoms with Gasteiger partial charge in [0.1, 0.15) is 17.3 Å². The molecule has 0 aliphatic carbocycles. The van der Waals surface area contributed by atoms with Crippen LogP contribution in [0.3, 0.4) is 0 Å². The van der Waals surface area contributed by atoms with Crippen LogP contribution in [-0.2, 0) is 16.0 Å². The van der Waals surface area contributed by atoms with Crippen LogP contribution in [0.2, 0.25) is 0 Å². The summed E-state index contributed by atoms with van der Waals surface area (Å²) in [7, 11) is 3.15. The maximum absolute atomic E-state index is 13.3. The van der Waals surface area contributed by atoms with E-state index in [1.54, 1.807) is 31.4 Å². The number of rotatable bonds is 7. The number of nitrogens with zero attached hydrogens (tertiary/aromatic N) is 1. The number of hydrogen-bond acceptors (Lipinski definition) is 5. The number of aliphatic hydroxyl groups is 1. The minimum atomic E-state index is -0.737. The number of aliphatic hydroxyl groups excluding tert-OH is 1. The summed E-state index contributed by atoms with van der Waals surface area (Å²) < 4.78 is 11.5. The maximum atomic E-state index is 13.3. The fourth-order valence-corrected chi connectivity index (χ4v) is 5.02. The molecule has 7 nitrogen and oxygen atoms in total. The molecule has 1 aliphatic heterocycles. The molecule has 0 bridgehead atoms. The average molecular weight is 561 g/mol. The summed E-state index contributed by atoms with van der Waals surface area (Å²) in [5.41, 5.74) is 3.15. The summed E-state index contributed by atoms with van der Waals surface area (Å²) in [6.45, 7) is 0.282. The Hall–Kier alpha value is -4.04. The molecule has 3 aromatic carbocycles. The summed E-state index contributed by atoms with van der Waals surface area (Å²) in [5.74, 6) is -0.316. The Morgan fingerprint density at radius 1 is 1.00 bits per heavy atom. The quantitative estimate of drug-likeness (QED) is 0.174. The molecule has 8 heteroatoms. The van der Waals surface area contributed by atoms with Gasteiger partial charge >= 0.3 is 0 Å². The highest BCUT2D eigenvalue weighted by molar-refractivity contribution is 9.10. The van der Waals surface area contributed by atoms with Crippen LogP contribution in [0.25, 0.3) is 16.7 Å². The highest BCUT2D eigenvalue weighted by Crippen LogP contribution is 2.40. The van der Waals surface area contributed by atoms with Gasteiger partial charge in [0, 0.05) is 33.7 Å². The van der Waals surface area contributed by atoms with E-state index < -0.39 is 17.7 Å². The zero-order chi connectivity index (χ0) is 26.1. The molecule has 1 unspecified atom stereocenters. The number of carbonyl (C=O) groups is 2. The monoisotopic (exact) mass is 560 g/mol. The van der Waals surface area contributed by atoms with E-state index in [2.05, 4.69) is 20.9 Å². The molecular weight excluding hydrogens is 536 g/mol. The van der Waals surface area contributed by atoms with Crippen molar-refractivity contribution in [2.24, 2.45) is 0 Å². The number of fused-ring (bicyclic) bond motifs is 1. The number of ketones is 1. The SMILES string of the molecule is COc1cccc(/C(O)=C2/C(=O)C(=O)N(CCc3c[nH]c4ccc(OC)cc34)C2c2ccc(Br)cc2)c1. The highest BCUT2D eigenvalue weighted by atomic mass is 79.9. The smallest absolute Gasteiger partial charge is 0.295 e. The number of halogens is 1. The maximum Gasteiger partial charge on any atom is 0.295 e. The molecule has 0 radical (unpaired) electrons. The topological polar surface area (TPSA) is 91.9 Å². The first-order valence-corrected chi connectivity index (χ1v) is 12.5. The Morgan fingerprint density at radius 3 is 2.46 bits per heavy atom. The first-order chi connectivity index (χ1) is 17.9. The number of Topliss-reactive ketones (excluding diaryl/α,β-unsaturated/α-hetero) is 1. The van der Waals surface area contributed by atoms with Gasteiger partial charge in [-0.25, -0.2) is 0 Å². The van der Waals surface area contributed by atoms with Gasteiger partial charge in [-0.05, 0) is 60.0 Å². The lowest BCUT2D eigenvalue weighted by molar-refractivity contribution is -0.139. The van der Waals surface area contributed by atoms with E-state index in [0.717, 1.165) is 32.3 Å². The first kappa shape index (κ1) is 24.6. The van der Waals surface area contributed by atoms with Gasteiger partial charge in [-0.15, -0.1) is 0 Å². The molecule has 1 saturated heterocycles. The van der Waals surface area contributed by atoms with Crippen molar-refractivity contribution in [1.82, 2.24) is 9.88 Å². The van der Waals surface area contributed by atoms with Gasteiger partial charge in [-0.2, -0.15) is 0 Å². The fraction of sp³-hybridized carbons (Fsp3) is 0.172. The van der Waals surface area contributed by atoms with Crippen LogP contribution in [0.15, 0.2) is 83.0 Å². The second-order valence-corrected chi connectivity index (χ2v) is 9.67. The third-order valence-electron chi connectivity index (χ3n) is 6.67. The molecular formula is C29H25BrN2O5. The van der Waals surface area contributed by atoms with Crippen LogP contribution in [0.4, 0.5) is 0 Å². The zero-order valence-electron chi connectivity index (χ0n) is 20.3. The number of H-pyrrole nitrogens is 1. The number of benzene rings is 3. The number of amides is 1. The lowest BCUT2D eigenvalue weighted by Crippen LogP contribution is -2.31. The van der Waals surface area contributed by atoms with Gasteiger partial charge in [0.05, 0.1) is 25.8 Å². The molecule has 2 N–H and O–H groups in total. The van der Waals surface area contributed by atoms with E-state index in [4.69, 9.17) is 9.47 Å². The van der Waals surface area contributed by atoms with E-state index in [0.29, 0.717) is 17.7 Å². The number of aromatic amines is 1. The molecule has 188 valence electrons. The van der Waals surface area contributed by atoms with Crippen molar-refractivity contribution in [1.29, 1.82) is 0 Å². The minimum absolute atomic E-state index is 0.0566. The predicted molar refractivity (Wildman–Crippen MR) is 145 cm³/mol. The number of hydrogen-bond donors (Lipinski definition) is 2. The first-order valence-electron chi connectivity index (χ1n) is 11.7. The van der Waals surface area contributed by atoms with Crippen molar-refractivity contribution in [3.8, 4) is 11.5 Å². The van der Waals surface area contributed by atoms with Crippen molar-refractivity contribution in [2.75, 3.05) is 20.8 Å². The lowest BCUT2D eigenvalue weighted by Gasteiger charge is -2.25. The Kier molecular flexibility index (Phi) is 6.76. The van der Waals surface area contributed by atoms with Crippen LogP contribution in [0.1, 0.15) is 22.7 Å². The van der Waals surface area contributed by atoms with Crippen molar-refractivity contribution in [2.45, 2.75) is 12.5 Å². The molecule has 1 fully saturated rings. The predicted octanol–water partition coefficient (Wildman–Crippen LogP) is 5.61. The standard InChI is InChI=1S/C29H25BrN2O5/c1-36-21-5-3-4-18(14-21)27(33)25-26(17-6-8-20(30)9-7-17)32(29(35)28(25)34)13-12-19-16-31-24-11-10-22(37-2)15-23(19)24/h3-11,14-16,26,31,33H,12-13H2,1-2H3/b27-25-. The van der Waals surface area contributed by atoms with Crippen molar-refractivity contribution >= 4 is 44.3 Å². The van der Waals surface area contributed by atoms with E-state index in [-0.39, 0.29) is 17.9 Å². The second kappa shape index (κ2) is 10.1. The Balaban J connectivity index is 1.56. The van der Waals surface area contributed by atoms with Crippen LogP contribution < -0.4 is 9.47 Å². The van der Waals surface area contributed by atoms with Gasteiger partial charge in [-0.1, -0.05) is 40.2 Å². The molecule has 5 rings (SSSR count).